The first-order valence-corrected chi connectivity index (χ1v) is 13.4. The number of hydrogen-bond acceptors (Lipinski definition) is 4. The molecule has 2 aromatic rings. The van der Waals surface area contributed by atoms with Crippen molar-refractivity contribution in [2.75, 3.05) is 0 Å². The minimum Gasteiger partial charge on any atom is -0.487 e. The van der Waals surface area contributed by atoms with E-state index < -0.39 is 0 Å². The van der Waals surface area contributed by atoms with E-state index in [-0.39, 0.29) is 40.9 Å². The van der Waals surface area contributed by atoms with Gasteiger partial charge in [0.2, 0.25) is 0 Å². The average molecular weight is 685 g/mol. The summed E-state index contributed by atoms with van der Waals surface area (Å²) in [7, 11) is 0. The summed E-state index contributed by atoms with van der Waals surface area (Å²) in [4.78, 5) is 26.2. The van der Waals surface area contributed by atoms with E-state index in [2.05, 4.69) is 62.4 Å². The number of carbonyl (C=O) groups excluding carboxylic acids is 2. The van der Waals surface area contributed by atoms with Crippen LogP contribution >= 0.6 is 56.8 Å². The van der Waals surface area contributed by atoms with Gasteiger partial charge in [0.05, 0.1) is 25.2 Å². The maximum atomic E-state index is 13.1. The van der Waals surface area contributed by atoms with Crippen LogP contribution in [0.4, 0.5) is 0 Å². The fraction of sp³-hybridized carbons (Fsp3) is 0.320. The molecule has 5 nitrogen and oxygen atoms in total. The summed E-state index contributed by atoms with van der Waals surface area (Å²) in [6.45, 7) is 0.372. The molecule has 8 heteroatoms. The van der Waals surface area contributed by atoms with Gasteiger partial charge in [0.1, 0.15) is 12.4 Å². The zero-order valence-corrected chi connectivity index (χ0v) is 22.5. The molecule has 0 N–H and O–H groups in total. The molecule has 2 amide bonds. The molecule has 3 aliphatic carbocycles. The van der Waals surface area contributed by atoms with Crippen molar-refractivity contribution < 1.29 is 14.3 Å². The van der Waals surface area contributed by atoms with Crippen molar-refractivity contribution in [2.45, 2.75) is 19.4 Å². The lowest BCUT2D eigenvalue weighted by atomic mass is 9.85. The molecule has 0 aromatic heterocycles. The Morgan fingerprint density at radius 3 is 2.24 bits per heavy atom. The summed E-state index contributed by atoms with van der Waals surface area (Å²) >= 11 is 10.7. The number of allylic oxidation sites excluding steroid dienone is 2. The number of fused-ring (bicyclic) bond motifs is 3. The van der Waals surface area contributed by atoms with Gasteiger partial charge in [-0.1, -0.05) is 42.0 Å². The van der Waals surface area contributed by atoms with Crippen molar-refractivity contribution in [1.29, 1.82) is 0 Å². The number of amides is 2. The quantitative estimate of drug-likeness (QED) is 0.177. The van der Waals surface area contributed by atoms with E-state index in [1.165, 1.54) is 0 Å². The zero-order valence-electron chi connectivity index (χ0n) is 17.4. The Morgan fingerprint density at radius 2 is 1.67 bits per heavy atom. The maximum absolute atomic E-state index is 13.1. The van der Waals surface area contributed by atoms with Crippen molar-refractivity contribution in [3.8, 4) is 5.75 Å². The molecule has 1 spiro atoms. The highest BCUT2D eigenvalue weighted by Crippen LogP contribution is 2.73. The van der Waals surface area contributed by atoms with Crippen LogP contribution in [0.5, 0.6) is 5.75 Å². The third-order valence-corrected chi connectivity index (χ3v) is 9.47. The van der Waals surface area contributed by atoms with Crippen LogP contribution in [0, 0.1) is 36.2 Å². The standard InChI is InChI=1S/C25H19ClI2N2O3/c26-17-4-2-1-3-14(17)12-33-22-18(27)9-13(10-19(22)28)11-29-30-23(31)20-15-5-6-16(21(20)24(30)32)25(15)7-8-25/h1-6,9-11,15-16,20-21H,7-8,12H2/b29-11-/t15-,16-,20+,21+/m1/s1. The van der Waals surface area contributed by atoms with Crippen molar-refractivity contribution >= 4 is 74.8 Å². The predicted molar refractivity (Wildman–Crippen MR) is 142 cm³/mol. The number of halogens is 3. The van der Waals surface area contributed by atoms with Gasteiger partial charge in [-0.15, -0.1) is 0 Å². The average Bonchev–Trinajstić information content (AvgIpc) is 3.38. The van der Waals surface area contributed by atoms with E-state index in [4.69, 9.17) is 16.3 Å². The largest absolute Gasteiger partial charge is 0.487 e. The Labute approximate surface area is 223 Å². The number of imide groups is 1. The van der Waals surface area contributed by atoms with Crippen LogP contribution in [0.15, 0.2) is 53.7 Å². The molecule has 3 fully saturated rings. The van der Waals surface area contributed by atoms with Crippen molar-refractivity contribution in [1.82, 2.24) is 5.01 Å². The normalized spacial score (nSPS) is 28.4. The van der Waals surface area contributed by atoms with Crippen LogP contribution in [0.2, 0.25) is 5.02 Å². The van der Waals surface area contributed by atoms with Crippen molar-refractivity contribution in [3.63, 3.8) is 0 Å². The third kappa shape index (κ3) is 3.40. The van der Waals surface area contributed by atoms with Crippen LogP contribution in [0.1, 0.15) is 24.0 Å². The first-order valence-electron chi connectivity index (χ1n) is 10.9. The summed E-state index contributed by atoms with van der Waals surface area (Å²) in [6, 6.07) is 11.5. The summed E-state index contributed by atoms with van der Waals surface area (Å²) < 4.78 is 7.87. The molecule has 6 rings (SSSR count). The van der Waals surface area contributed by atoms with E-state index >= 15 is 0 Å². The molecule has 0 radical (unpaired) electrons. The zero-order chi connectivity index (χ0) is 22.9. The number of rotatable bonds is 5. The Hall–Kier alpha value is -1.46. The van der Waals surface area contributed by atoms with Crippen LogP contribution in [0.3, 0.4) is 0 Å². The van der Waals surface area contributed by atoms with Gasteiger partial charge in [0, 0.05) is 10.6 Å². The molecule has 0 unspecified atom stereocenters. The summed E-state index contributed by atoms with van der Waals surface area (Å²) in [6.07, 6.45) is 8.20. The molecule has 1 aliphatic heterocycles. The lowest BCUT2D eigenvalue weighted by Gasteiger charge is -2.18. The van der Waals surface area contributed by atoms with E-state index in [0.717, 1.165) is 41.9 Å². The lowest BCUT2D eigenvalue weighted by Crippen LogP contribution is -2.30. The molecule has 2 saturated carbocycles. The topological polar surface area (TPSA) is 59.0 Å². The highest BCUT2D eigenvalue weighted by Gasteiger charge is 2.73. The lowest BCUT2D eigenvalue weighted by molar-refractivity contribution is -0.141. The van der Waals surface area contributed by atoms with Gasteiger partial charge in [0.25, 0.3) is 11.8 Å². The molecule has 168 valence electrons. The Kier molecular flexibility index (Phi) is 5.37. The highest BCUT2D eigenvalue weighted by atomic mass is 127. The molecule has 2 aromatic carbocycles. The Balaban J connectivity index is 1.19. The highest BCUT2D eigenvalue weighted by molar-refractivity contribution is 14.1. The van der Waals surface area contributed by atoms with Gasteiger partial charge in [-0.05, 0) is 99.0 Å². The second kappa shape index (κ2) is 8.05. The maximum Gasteiger partial charge on any atom is 0.254 e. The van der Waals surface area contributed by atoms with Gasteiger partial charge >= 0.3 is 0 Å². The number of ether oxygens (including phenoxy) is 1. The number of nitrogens with zero attached hydrogens (tertiary/aromatic N) is 2. The van der Waals surface area contributed by atoms with Crippen LogP contribution in [0.25, 0.3) is 0 Å². The van der Waals surface area contributed by atoms with Crippen LogP contribution in [-0.4, -0.2) is 23.0 Å². The molecule has 1 heterocycles. The minimum atomic E-state index is -0.229. The third-order valence-electron chi connectivity index (χ3n) is 7.50. The van der Waals surface area contributed by atoms with Gasteiger partial charge in [-0.2, -0.15) is 10.1 Å². The van der Waals surface area contributed by atoms with E-state index in [1.54, 1.807) is 6.21 Å². The smallest absolute Gasteiger partial charge is 0.254 e. The van der Waals surface area contributed by atoms with Gasteiger partial charge in [0.15, 0.2) is 0 Å². The van der Waals surface area contributed by atoms with Gasteiger partial charge < -0.3 is 4.74 Å². The molecule has 4 atom stereocenters. The second-order valence-corrected chi connectivity index (χ2v) is 11.9. The SMILES string of the molecule is O=C1[C@@H]2[C@@H](C(=O)N1/N=C\c1cc(I)c(OCc3ccccc3Cl)c(I)c1)[C@H]1C=C[C@H]2C12CC2. The summed E-state index contributed by atoms with van der Waals surface area (Å²) in [5, 5.41) is 6.12. The first kappa shape index (κ1) is 22.0. The molecular weight excluding hydrogens is 666 g/mol. The fourth-order valence-electron chi connectivity index (χ4n) is 5.86. The van der Waals surface area contributed by atoms with E-state index in [0.29, 0.717) is 11.6 Å². The number of hydrogen-bond donors (Lipinski definition) is 0. The first-order chi connectivity index (χ1) is 15.9. The van der Waals surface area contributed by atoms with Crippen LogP contribution in [-0.2, 0) is 16.2 Å². The number of hydrazone groups is 1. The second-order valence-electron chi connectivity index (χ2n) is 9.15. The van der Waals surface area contributed by atoms with Crippen molar-refractivity contribution in [3.05, 3.63) is 71.8 Å². The summed E-state index contributed by atoms with van der Waals surface area (Å²) in [5.41, 5.74) is 1.93. The summed E-state index contributed by atoms with van der Waals surface area (Å²) in [5.74, 6) is 0.442. The number of carbonyl (C=O) groups is 2. The molecule has 33 heavy (non-hydrogen) atoms. The minimum absolute atomic E-state index is 0.145. The monoisotopic (exact) mass is 684 g/mol. The molecular formula is C25H19ClI2N2O3. The van der Waals surface area contributed by atoms with Gasteiger partial charge in [-0.3, -0.25) is 9.59 Å². The van der Waals surface area contributed by atoms with Crippen LogP contribution < -0.4 is 4.74 Å². The molecule has 4 aliphatic rings. The van der Waals surface area contributed by atoms with E-state index in [9.17, 15) is 9.59 Å². The Morgan fingerprint density at radius 1 is 1.06 bits per heavy atom. The molecule has 1 saturated heterocycles. The van der Waals surface area contributed by atoms with Gasteiger partial charge in [-0.25, -0.2) is 0 Å². The fourth-order valence-corrected chi connectivity index (χ4v) is 8.18. The van der Waals surface area contributed by atoms with E-state index in [1.807, 2.05) is 36.4 Å². The number of benzene rings is 2. The predicted octanol–water partition coefficient (Wildman–Crippen LogP) is 5.66. The van der Waals surface area contributed by atoms with Crippen molar-refractivity contribution in [2.24, 2.45) is 34.2 Å². The Bertz CT molecular complexity index is 1200. The molecule has 2 bridgehead atoms.